The number of benzene rings is 1. The van der Waals surface area contributed by atoms with Crippen molar-refractivity contribution in [2.75, 3.05) is 0 Å². The molecule has 104 valence electrons. The van der Waals surface area contributed by atoms with Crippen LogP contribution in [0.4, 0.5) is 4.39 Å². The molecule has 1 saturated carbocycles. The van der Waals surface area contributed by atoms with Gasteiger partial charge in [-0.05, 0) is 60.3 Å². The van der Waals surface area contributed by atoms with Crippen molar-refractivity contribution < 1.29 is 9.50 Å². The molecule has 0 radical (unpaired) electrons. The Morgan fingerprint density at radius 2 is 2.21 bits per heavy atom. The number of halogens is 1. The van der Waals surface area contributed by atoms with E-state index in [1.54, 1.807) is 6.07 Å². The zero-order chi connectivity index (χ0) is 13.6. The summed E-state index contributed by atoms with van der Waals surface area (Å²) in [6.45, 7) is 2.19. The van der Waals surface area contributed by atoms with Crippen molar-refractivity contribution in [2.45, 2.75) is 56.9 Å². The average molecular weight is 263 g/mol. The number of hydrogen-bond donors (Lipinski definition) is 2. The van der Waals surface area contributed by atoms with E-state index in [-0.39, 0.29) is 17.2 Å². The highest BCUT2D eigenvalue weighted by Crippen LogP contribution is 2.52. The molecule has 19 heavy (non-hydrogen) atoms. The SMILES string of the molecule is CC[C@@]12CCCC[C@@H]1[C@@H](N)Cc1cc(F)c(O)cc12. The largest absolute Gasteiger partial charge is 0.505 e. The summed E-state index contributed by atoms with van der Waals surface area (Å²) >= 11 is 0. The number of phenolic OH excluding ortho intramolecular Hbond substituents is 1. The number of fused-ring (bicyclic) bond motifs is 3. The molecule has 0 bridgehead atoms. The van der Waals surface area contributed by atoms with Gasteiger partial charge in [0.25, 0.3) is 0 Å². The number of aromatic hydroxyl groups is 1. The van der Waals surface area contributed by atoms with E-state index in [9.17, 15) is 9.50 Å². The lowest BCUT2D eigenvalue weighted by Gasteiger charge is -2.51. The van der Waals surface area contributed by atoms with Gasteiger partial charge in [0.2, 0.25) is 0 Å². The van der Waals surface area contributed by atoms with Gasteiger partial charge in [-0.1, -0.05) is 19.8 Å². The van der Waals surface area contributed by atoms with Crippen LogP contribution in [0.1, 0.15) is 50.2 Å². The molecule has 1 aromatic carbocycles. The fourth-order valence-electron chi connectivity index (χ4n) is 4.49. The number of nitrogens with two attached hydrogens (primary N) is 1. The number of hydrogen-bond acceptors (Lipinski definition) is 2. The molecule has 0 spiro atoms. The third kappa shape index (κ3) is 1.78. The predicted octanol–water partition coefficient (Wildman–Crippen LogP) is 3.25. The minimum Gasteiger partial charge on any atom is -0.505 e. The van der Waals surface area contributed by atoms with E-state index in [2.05, 4.69) is 6.92 Å². The Bertz CT molecular complexity index is 502. The van der Waals surface area contributed by atoms with Crippen LogP contribution >= 0.6 is 0 Å². The zero-order valence-electron chi connectivity index (χ0n) is 11.5. The molecule has 3 atom stereocenters. The van der Waals surface area contributed by atoms with Crippen LogP contribution in [0.2, 0.25) is 0 Å². The Kier molecular flexibility index (Phi) is 3.05. The zero-order valence-corrected chi connectivity index (χ0v) is 11.5. The van der Waals surface area contributed by atoms with Crippen LogP contribution in [0.15, 0.2) is 12.1 Å². The monoisotopic (exact) mass is 263 g/mol. The van der Waals surface area contributed by atoms with E-state index in [1.807, 2.05) is 0 Å². The topological polar surface area (TPSA) is 46.2 Å². The van der Waals surface area contributed by atoms with Gasteiger partial charge in [-0.15, -0.1) is 0 Å². The molecule has 0 aliphatic heterocycles. The quantitative estimate of drug-likeness (QED) is 0.817. The normalized spacial score (nSPS) is 33.6. The first-order valence-electron chi connectivity index (χ1n) is 7.36. The fraction of sp³-hybridized carbons (Fsp3) is 0.625. The summed E-state index contributed by atoms with van der Waals surface area (Å²) in [4.78, 5) is 0. The van der Waals surface area contributed by atoms with Crippen LogP contribution in [-0.4, -0.2) is 11.1 Å². The van der Waals surface area contributed by atoms with E-state index >= 15 is 0 Å². The molecule has 3 rings (SSSR count). The Hall–Kier alpha value is -1.09. The van der Waals surface area contributed by atoms with Gasteiger partial charge in [0.1, 0.15) is 0 Å². The molecule has 0 aromatic heterocycles. The Labute approximate surface area is 113 Å². The first kappa shape index (κ1) is 12.9. The van der Waals surface area contributed by atoms with Crippen molar-refractivity contribution in [1.82, 2.24) is 0 Å². The Balaban J connectivity index is 2.18. The van der Waals surface area contributed by atoms with Crippen LogP contribution in [0, 0.1) is 11.7 Å². The van der Waals surface area contributed by atoms with Gasteiger partial charge < -0.3 is 10.8 Å². The molecular formula is C16H22FNO. The molecule has 0 saturated heterocycles. The fourth-order valence-corrected chi connectivity index (χ4v) is 4.49. The molecule has 1 fully saturated rings. The Morgan fingerprint density at radius 1 is 1.42 bits per heavy atom. The van der Waals surface area contributed by atoms with Crippen LogP contribution in [0.5, 0.6) is 5.75 Å². The maximum absolute atomic E-state index is 13.6. The van der Waals surface area contributed by atoms with Gasteiger partial charge in [-0.25, -0.2) is 4.39 Å². The summed E-state index contributed by atoms with van der Waals surface area (Å²) in [5.74, 6) is -0.263. The second kappa shape index (κ2) is 4.48. The summed E-state index contributed by atoms with van der Waals surface area (Å²) in [5, 5.41) is 9.74. The van der Waals surface area contributed by atoms with Gasteiger partial charge in [0, 0.05) is 6.04 Å². The van der Waals surface area contributed by atoms with Crippen molar-refractivity contribution in [3.05, 3.63) is 29.1 Å². The second-order valence-corrected chi connectivity index (χ2v) is 6.19. The average Bonchev–Trinajstić information content (AvgIpc) is 2.41. The predicted molar refractivity (Wildman–Crippen MR) is 73.7 cm³/mol. The molecule has 0 heterocycles. The summed E-state index contributed by atoms with van der Waals surface area (Å²) < 4.78 is 13.6. The van der Waals surface area contributed by atoms with Gasteiger partial charge >= 0.3 is 0 Å². The van der Waals surface area contributed by atoms with Crippen LogP contribution in [-0.2, 0) is 11.8 Å². The highest BCUT2D eigenvalue weighted by molar-refractivity contribution is 5.45. The highest BCUT2D eigenvalue weighted by atomic mass is 19.1. The van der Waals surface area contributed by atoms with Crippen LogP contribution in [0.25, 0.3) is 0 Å². The molecule has 3 heteroatoms. The molecule has 2 nitrogen and oxygen atoms in total. The summed E-state index contributed by atoms with van der Waals surface area (Å²) in [6.07, 6.45) is 6.46. The molecule has 0 amide bonds. The maximum atomic E-state index is 13.6. The van der Waals surface area contributed by atoms with Crippen molar-refractivity contribution in [2.24, 2.45) is 11.7 Å². The smallest absolute Gasteiger partial charge is 0.165 e. The van der Waals surface area contributed by atoms with Gasteiger partial charge in [0.15, 0.2) is 11.6 Å². The molecule has 2 aliphatic rings. The minimum absolute atomic E-state index is 0.0520. The third-order valence-corrected chi connectivity index (χ3v) is 5.41. The summed E-state index contributed by atoms with van der Waals surface area (Å²) in [5.41, 5.74) is 8.58. The van der Waals surface area contributed by atoms with Crippen molar-refractivity contribution in [3.8, 4) is 5.75 Å². The van der Waals surface area contributed by atoms with Gasteiger partial charge in [-0.3, -0.25) is 0 Å². The molecular weight excluding hydrogens is 241 g/mol. The van der Waals surface area contributed by atoms with E-state index in [0.29, 0.717) is 5.92 Å². The standard InChI is InChI=1S/C16H22FNO/c1-2-16-6-4-3-5-11(16)14(18)8-10-7-13(17)15(19)9-12(10)16/h7,9,11,14,19H,2-6,8,18H2,1H3/t11-,14+,16-/m1/s1. The van der Waals surface area contributed by atoms with E-state index < -0.39 is 5.82 Å². The maximum Gasteiger partial charge on any atom is 0.165 e. The molecule has 2 aliphatic carbocycles. The van der Waals surface area contributed by atoms with Crippen molar-refractivity contribution >= 4 is 0 Å². The van der Waals surface area contributed by atoms with E-state index in [0.717, 1.165) is 36.8 Å². The Morgan fingerprint density at radius 3 is 2.95 bits per heavy atom. The molecule has 1 aromatic rings. The lowest BCUT2D eigenvalue weighted by Crippen LogP contribution is -2.52. The number of phenols is 1. The molecule has 3 N–H and O–H groups in total. The first-order chi connectivity index (χ1) is 9.08. The van der Waals surface area contributed by atoms with E-state index in [1.165, 1.54) is 18.9 Å². The van der Waals surface area contributed by atoms with Crippen molar-refractivity contribution in [1.29, 1.82) is 0 Å². The molecule has 0 unspecified atom stereocenters. The third-order valence-electron chi connectivity index (χ3n) is 5.41. The lowest BCUT2D eigenvalue weighted by molar-refractivity contribution is 0.133. The van der Waals surface area contributed by atoms with Crippen molar-refractivity contribution in [3.63, 3.8) is 0 Å². The van der Waals surface area contributed by atoms with Crippen LogP contribution in [0.3, 0.4) is 0 Å². The first-order valence-corrected chi connectivity index (χ1v) is 7.36. The number of rotatable bonds is 1. The second-order valence-electron chi connectivity index (χ2n) is 6.19. The lowest BCUT2D eigenvalue weighted by atomic mass is 9.54. The minimum atomic E-state index is -0.522. The summed E-state index contributed by atoms with van der Waals surface area (Å²) in [6, 6.07) is 3.28. The summed E-state index contributed by atoms with van der Waals surface area (Å²) in [7, 11) is 0. The van der Waals surface area contributed by atoms with Gasteiger partial charge in [-0.2, -0.15) is 0 Å². The van der Waals surface area contributed by atoms with Crippen LogP contribution < -0.4 is 5.73 Å². The van der Waals surface area contributed by atoms with Gasteiger partial charge in [0.05, 0.1) is 0 Å². The van der Waals surface area contributed by atoms with E-state index in [4.69, 9.17) is 5.73 Å². The highest BCUT2D eigenvalue weighted by Gasteiger charge is 2.47.